The van der Waals surface area contributed by atoms with Gasteiger partial charge in [-0.15, -0.1) is 0 Å². The third-order valence-electron chi connectivity index (χ3n) is 4.96. The van der Waals surface area contributed by atoms with E-state index in [1.165, 1.54) is 0 Å². The Morgan fingerprint density at radius 3 is 2.48 bits per heavy atom. The van der Waals surface area contributed by atoms with Gasteiger partial charge in [0.15, 0.2) is 9.84 Å². The van der Waals surface area contributed by atoms with Gasteiger partial charge in [-0.25, -0.2) is 13.2 Å². The Bertz CT molecular complexity index is 1200. The molecule has 0 aliphatic heterocycles. The lowest BCUT2D eigenvalue weighted by Gasteiger charge is -2.10. The van der Waals surface area contributed by atoms with Crippen LogP contribution in [0.2, 0.25) is 0 Å². The molecule has 3 aromatic rings. The molecule has 0 saturated heterocycles. The first kappa shape index (κ1) is 17.5. The molecule has 0 amide bonds. The Morgan fingerprint density at radius 1 is 1.15 bits per heavy atom. The van der Waals surface area contributed by atoms with Gasteiger partial charge >= 0.3 is 5.97 Å². The maximum Gasteiger partial charge on any atom is 0.336 e. The van der Waals surface area contributed by atoms with Crippen molar-refractivity contribution in [2.75, 3.05) is 6.26 Å². The Labute approximate surface area is 156 Å². The van der Waals surface area contributed by atoms with Crippen LogP contribution in [0.5, 0.6) is 0 Å². The molecule has 0 radical (unpaired) electrons. The monoisotopic (exact) mass is 383 g/mol. The molecule has 2 aromatic carbocycles. The number of carboxylic acid groups (broad SMARTS) is 1. The van der Waals surface area contributed by atoms with Gasteiger partial charge in [0, 0.05) is 11.8 Å². The van der Waals surface area contributed by atoms with Crippen molar-refractivity contribution in [2.45, 2.75) is 25.2 Å². The van der Waals surface area contributed by atoms with E-state index in [0.29, 0.717) is 23.4 Å². The van der Waals surface area contributed by atoms with Crippen LogP contribution in [0, 0.1) is 13.8 Å². The number of carboxylic acids is 1. The van der Waals surface area contributed by atoms with Crippen molar-refractivity contribution in [2.24, 2.45) is 0 Å². The van der Waals surface area contributed by atoms with E-state index in [1.54, 1.807) is 31.2 Å². The van der Waals surface area contributed by atoms with Crippen molar-refractivity contribution in [3.05, 3.63) is 58.5 Å². The summed E-state index contributed by atoms with van der Waals surface area (Å²) in [5.74, 6) is -0.398. The number of aromatic carboxylic acids is 1. The number of fused-ring (bicyclic) bond motifs is 3. The maximum absolute atomic E-state index is 11.9. The highest BCUT2D eigenvalue weighted by molar-refractivity contribution is 7.90. The van der Waals surface area contributed by atoms with Gasteiger partial charge in [-0.1, -0.05) is 11.2 Å². The average Bonchev–Trinajstić information content (AvgIpc) is 3.12. The van der Waals surface area contributed by atoms with E-state index in [-0.39, 0.29) is 10.5 Å². The van der Waals surface area contributed by atoms with E-state index in [4.69, 9.17) is 4.52 Å². The van der Waals surface area contributed by atoms with Crippen LogP contribution in [0.1, 0.15) is 32.9 Å². The molecule has 0 atom stereocenters. The van der Waals surface area contributed by atoms with E-state index < -0.39 is 15.8 Å². The first-order chi connectivity index (χ1) is 12.7. The van der Waals surface area contributed by atoms with Gasteiger partial charge in [-0.2, -0.15) is 0 Å². The number of aryl methyl sites for hydroxylation is 2. The average molecular weight is 383 g/mol. The minimum absolute atomic E-state index is 0.208. The summed E-state index contributed by atoms with van der Waals surface area (Å²) in [5.41, 5.74) is 5.57. The maximum atomic E-state index is 11.9. The SMILES string of the molecule is Cc1noc(C)c1-c1cc(C(=O)O)c2c(c1)-c1ccc(S(C)(=O)=O)cc1C2. The number of aromatic nitrogens is 1. The van der Waals surface area contributed by atoms with E-state index in [9.17, 15) is 18.3 Å². The smallest absolute Gasteiger partial charge is 0.336 e. The standard InChI is InChI=1S/C20H17NO5S/c1-10-19(11(2)26-21-10)13-8-16-15-5-4-14(27(3,24)25)6-12(15)7-17(16)18(9-13)20(22)23/h4-6,8-9H,7H2,1-3H3,(H,22,23). The predicted octanol–water partition coefficient (Wildman–Crippen LogP) is 3.63. The molecule has 0 fully saturated rings. The Balaban J connectivity index is 1.97. The molecule has 27 heavy (non-hydrogen) atoms. The number of nitrogens with zero attached hydrogens (tertiary/aromatic N) is 1. The first-order valence-corrected chi connectivity index (χ1v) is 10.2. The van der Waals surface area contributed by atoms with Crippen molar-refractivity contribution >= 4 is 15.8 Å². The van der Waals surface area contributed by atoms with Crippen molar-refractivity contribution in [1.82, 2.24) is 5.16 Å². The fourth-order valence-electron chi connectivity index (χ4n) is 3.73. The molecule has 7 heteroatoms. The Morgan fingerprint density at radius 2 is 1.89 bits per heavy atom. The summed E-state index contributed by atoms with van der Waals surface area (Å²) in [7, 11) is -3.33. The second-order valence-corrected chi connectivity index (χ2v) is 8.84. The third kappa shape index (κ3) is 2.75. The third-order valence-corrected chi connectivity index (χ3v) is 6.07. The number of benzene rings is 2. The fourth-order valence-corrected chi connectivity index (χ4v) is 4.40. The summed E-state index contributed by atoms with van der Waals surface area (Å²) >= 11 is 0. The number of hydrogen-bond donors (Lipinski definition) is 1. The molecular weight excluding hydrogens is 366 g/mol. The van der Waals surface area contributed by atoms with Crippen molar-refractivity contribution in [3.63, 3.8) is 0 Å². The number of rotatable bonds is 3. The molecule has 1 aliphatic rings. The predicted molar refractivity (Wildman–Crippen MR) is 99.7 cm³/mol. The number of hydrogen-bond acceptors (Lipinski definition) is 5. The molecule has 4 rings (SSSR count). The van der Waals surface area contributed by atoms with Crippen LogP contribution in [0.4, 0.5) is 0 Å². The van der Waals surface area contributed by atoms with Crippen LogP contribution < -0.4 is 0 Å². The summed E-state index contributed by atoms with van der Waals surface area (Å²) in [6.45, 7) is 3.60. The number of sulfone groups is 1. The lowest BCUT2D eigenvalue weighted by Crippen LogP contribution is -2.03. The minimum Gasteiger partial charge on any atom is -0.478 e. The normalized spacial score (nSPS) is 12.7. The fraction of sp³-hybridized carbons (Fsp3) is 0.200. The minimum atomic E-state index is -3.33. The molecule has 6 nitrogen and oxygen atoms in total. The van der Waals surface area contributed by atoms with E-state index in [0.717, 1.165) is 34.1 Å². The topological polar surface area (TPSA) is 97.5 Å². The molecule has 1 aromatic heterocycles. The first-order valence-electron chi connectivity index (χ1n) is 8.33. The van der Waals surface area contributed by atoms with Gasteiger partial charge in [-0.05, 0) is 72.4 Å². The van der Waals surface area contributed by atoms with Crippen LogP contribution in [0.3, 0.4) is 0 Å². The molecular formula is C20H17NO5S. The molecule has 1 aliphatic carbocycles. The molecule has 1 N–H and O–H groups in total. The lowest BCUT2D eigenvalue weighted by atomic mass is 9.93. The van der Waals surface area contributed by atoms with Crippen molar-refractivity contribution in [3.8, 4) is 22.3 Å². The van der Waals surface area contributed by atoms with Crippen LogP contribution >= 0.6 is 0 Å². The zero-order valence-corrected chi connectivity index (χ0v) is 15.8. The van der Waals surface area contributed by atoms with E-state index >= 15 is 0 Å². The highest BCUT2D eigenvalue weighted by Gasteiger charge is 2.27. The summed E-state index contributed by atoms with van der Waals surface area (Å²) in [6, 6.07) is 8.51. The van der Waals surface area contributed by atoms with Crippen LogP contribution in [-0.4, -0.2) is 30.9 Å². The zero-order valence-electron chi connectivity index (χ0n) is 15.0. The van der Waals surface area contributed by atoms with Crippen molar-refractivity contribution < 1.29 is 22.8 Å². The van der Waals surface area contributed by atoms with E-state index in [1.807, 2.05) is 13.0 Å². The Hall–Kier alpha value is -2.93. The largest absolute Gasteiger partial charge is 0.478 e. The van der Waals surface area contributed by atoms with Gasteiger partial charge in [0.2, 0.25) is 0 Å². The lowest BCUT2D eigenvalue weighted by molar-refractivity contribution is 0.0696. The highest BCUT2D eigenvalue weighted by atomic mass is 32.2. The van der Waals surface area contributed by atoms with Gasteiger partial charge in [-0.3, -0.25) is 0 Å². The van der Waals surface area contributed by atoms with Gasteiger partial charge in [0.1, 0.15) is 5.76 Å². The van der Waals surface area contributed by atoms with Gasteiger partial charge < -0.3 is 9.63 Å². The van der Waals surface area contributed by atoms with E-state index in [2.05, 4.69) is 5.16 Å². The van der Waals surface area contributed by atoms with Crippen molar-refractivity contribution in [1.29, 1.82) is 0 Å². The molecule has 0 spiro atoms. The molecule has 0 unspecified atom stereocenters. The summed E-state index contributed by atoms with van der Waals surface area (Å²) < 4.78 is 28.9. The van der Waals surface area contributed by atoms with Gasteiger partial charge in [0.25, 0.3) is 0 Å². The second-order valence-electron chi connectivity index (χ2n) is 6.82. The molecule has 1 heterocycles. The van der Waals surface area contributed by atoms with Crippen LogP contribution in [0.15, 0.2) is 39.8 Å². The van der Waals surface area contributed by atoms with Crippen LogP contribution in [0.25, 0.3) is 22.3 Å². The second kappa shape index (κ2) is 5.79. The van der Waals surface area contributed by atoms with Gasteiger partial charge in [0.05, 0.1) is 16.2 Å². The summed E-state index contributed by atoms with van der Waals surface area (Å²) in [4.78, 5) is 12.1. The summed E-state index contributed by atoms with van der Waals surface area (Å²) in [5, 5.41) is 13.7. The highest BCUT2D eigenvalue weighted by Crippen LogP contribution is 2.42. The van der Waals surface area contributed by atoms with Crippen LogP contribution in [-0.2, 0) is 16.3 Å². The Kier molecular flexibility index (Phi) is 3.75. The molecule has 138 valence electrons. The zero-order chi connectivity index (χ0) is 19.5. The summed E-state index contributed by atoms with van der Waals surface area (Å²) in [6.07, 6.45) is 1.55. The quantitative estimate of drug-likeness (QED) is 0.580. The molecule has 0 saturated carbocycles. The number of carbonyl (C=O) groups is 1. The molecule has 0 bridgehead atoms.